The van der Waals surface area contributed by atoms with E-state index in [0.29, 0.717) is 12.1 Å². The van der Waals surface area contributed by atoms with Crippen molar-refractivity contribution in [3.05, 3.63) is 22.3 Å². The molecular weight excluding hydrogens is 318 g/mol. The SMILES string of the molecule is CN1CCC(Oc2ncc(Br)cc2CNC2CC2)CC1. The van der Waals surface area contributed by atoms with Gasteiger partial charge in [0.05, 0.1) is 0 Å². The monoisotopic (exact) mass is 339 g/mol. The molecule has 0 unspecified atom stereocenters. The van der Waals surface area contributed by atoms with Gasteiger partial charge in [0.2, 0.25) is 5.88 Å². The lowest BCUT2D eigenvalue weighted by molar-refractivity contribution is 0.109. The first kappa shape index (κ1) is 14.3. The lowest BCUT2D eigenvalue weighted by Crippen LogP contribution is -2.36. The maximum absolute atomic E-state index is 6.14. The minimum absolute atomic E-state index is 0.305. The van der Waals surface area contributed by atoms with Crippen LogP contribution in [0.5, 0.6) is 5.88 Å². The molecule has 0 radical (unpaired) electrons. The number of nitrogens with zero attached hydrogens (tertiary/aromatic N) is 2. The number of nitrogens with one attached hydrogen (secondary N) is 1. The first-order chi connectivity index (χ1) is 9.70. The summed E-state index contributed by atoms with van der Waals surface area (Å²) in [5, 5.41) is 3.54. The van der Waals surface area contributed by atoms with Crippen LogP contribution in [0.4, 0.5) is 0 Å². The smallest absolute Gasteiger partial charge is 0.218 e. The summed E-state index contributed by atoms with van der Waals surface area (Å²) < 4.78 is 7.16. The number of aromatic nitrogens is 1. The van der Waals surface area contributed by atoms with Crippen LogP contribution in [0.1, 0.15) is 31.2 Å². The second kappa shape index (κ2) is 6.41. The molecule has 2 aliphatic rings. The van der Waals surface area contributed by atoms with Gasteiger partial charge in [0.15, 0.2) is 0 Å². The summed E-state index contributed by atoms with van der Waals surface area (Å²) in [4.78, 5) is 6.82. The first-order valence-corrected chi connectivity index (χ1v) is 8.23. The van der Waals surface area contributed by atoms with E-state index in [2.05, 4.69) is 44.2 Å². The van der Waals surface area contributed by atoms with Crippen LogP contribution in [0.25, 0.3) is 0 Å². The lowest BCUT2D eigenvalue weighted by atomic mass is 10.1. The molecule has 0 atom stereocenters. The molecule has 4 nitrogen and oxygen atoms in total. The molecule has 2 fully saturated rings. The standard InChI is InChI=1S/C15H22BrN3O/c1-19-6-4-14(5-7-19)20-15-11(8-12(16)10-18-15)9-17-13-2-3-13/h8,10,13-14,17H,2-7,9H2,1H3. The van der Waals surface area contributed by atoms with Crippen molar-refractivity contribution in [3.63, 3.8) is 0 Å². The molecule has 1 aromatic heterocycles. The molecule has 1 saturated heterocycles. The van der Waals surface area contributed by atoms with Crippen molar-refractivity contribution in [2.45, 2.75) is 44.4 Å². The summed E-state index contributed by atoms with van der Waals surface area (Å²) in [5.74, 6) is 0.802. The topological polar surface area (TPSA) is 37.4 Å². The molecule has 3 rings (SSSR count). The van der Waals surface area contributed by atoms with Crippen LogP contribution in [0.2, 0.25) is 0 Å². The van der Waals surface area contributed by atoms with E-state index in [0.717, 1.165) is 48.4 Å². The molecule has 0 bridgehead atoms. The highest BCUT2D eigenvalue weighted by molar-refractivity contribution is 9.10. The minimum Gasteiger partial charge on any atom is -0.474 e. The maximum atomic E-state index is 6.14. The fraction of sp³-hybridized carbons (Fsp3) is 0.667. The highest BCUT2D eigenvalue weighted by Crippen LogP contribution is 2.25. The normalized spacial score (nSPS) is 21.1. The Hall–Kier alpha value is -0.650. The predicted octanol–water partition coefficient (Wildman–Crippen LogP) is 2.57. The van der Waals surface area contributed by atoms with Crippen molar-refractivity contribution in [2.24, 2.45) is 0 Å². The summed E-state index contributed by atoms with van der Waals surface area (Å²) in [7, 11) is 2.17. The number of pyridine rings is 1. The van der Waals surface area contributed by atoms with Gasteiger partial charge in [-0.2, -0.15) is 0 Å². The minimum atomic E-state index is 0.305. The zero-order valence-corrected chi connectivity index (χ0v) is 13.5. The molecule has 20 heavy (non-hydrogen) atoms. The van der Waals surface area contributed by atoms with E-state index in [-0.39, 0.29) is 0 Å². The zero-order chi connectivity index (χ0) is 13.9. The van der Waals surface area contributed by atoms with Crippen molar-refractivity contribution in [3.8, 4) is 5.88 Å². The Labute approximate surface area is 129 Å². The van der Waals surface area contributed by atoms with Gasteiger partial charge in [-0.3, -0.25) is 0 Å². The second-order valence-electron chi connectivity index (χ2n) is 5.89. The van der Waals surface area contributed by atoms with Gasteiger partial charge in [0.1, 0.15) is 6.10 Å². The third kappa shape index (κ3) is 3.93. The van der Waals surface area contributed by atoms with Crippen LogP contribution in [0.3, 0.4) is 0 Å². The Bertz CT molecular complexity index is 456. The molecule has 1 N–H and O–H groups in total. The predicted molar refractivity (Wildman–Crippen MR) is 82.9 cm³/mol. The van der Waals surface area contributed by atoms with Crippen LogP contribution in [-0.2, 0) is 6.54 Å². The van der Waals surface area contributed by atoms with Gasteiger partial charge in [-0.25, -0.2) is 4.98 Å². The average molecular weight is 340 g/mol. The summed E-state index contributed by atoms with van der Waals surface area (Å²) in [6.45, 7) is 3.06. The molecular formula is C15H22BrN3O. The Morgan fingerprint density at radius 1 is 1.35 bits per heavy atom. The molecule has 0 amide bonds. The molecule has 0 aromatic carbocycles. The van der Waals surface area contributed by atoms with Crippen LogP contribution >= 0.6 is 15.9 Å². The quantitative estimate of drug-likeness (QED) is 0.894. The lowest BCUT2D eigenvalue weighted by Gasteiger charge is -2.29. The van der Waals surface area contributed by atoms with E-state index < -0.39 is 0 Å². The maximum Gasteiger partial charge on any atom is 0.218 e. The van der Waals surface area contributed by atoms with Gasteiger partial charge >= 0.3 is 0 Å². The van der Waals surface area contributed by atoms with Gasteiger partial charge in [0, 0.05) is 41.9 Å². The zero-order valence-electron chi connectivity index (χ0n) is 11.9. The van der Waals surface area contributed by atoms with Crippen molar-refractivity contribution in [1.82, 2.24) is 15.2 Å². The highest BCUT2D eigenvalue weighted by atomic mass is 79.9. The summed E-state index contributed by atoms with van der Waals surface area (Å²) in [6, 6.07) is 2.82. The number of halogens is 1. The van der Waals surface area contributed by atoms with Gasteiger partial charge in [0.25, 0.3) is 0 Å². The Balaban J connectivity index is 1.64. The molecule has 1 saturated carbocycles. The molecule has 5 heteroatoms. The number of hydrogen-bond donors (Lipinski definition) is 1. The number of likely N-dealkylation sites (tertiary alicyclic amines) is 1. The first-order valence-electron chi connectivity index (χ1n) is 7.44. The summed E-state index contributed by atoms with van der Waals surface area (Å²) in [5.41, 5.74) is 1.16. The van der Waals surface area contributed by atoms with Gasteiger partial charge < -0.3 is 15.0 Å². The van der Waals surface area contributed by atoms with Gasteiger partial charge in [-0.05, 0) is 54.7 Å². The van der Waals surface area contributed by atoms with E-state index >= 15 is 0 Å². The summed E-state index contributed by atoms with van der Waals surface area (Å²) >= 11 is 3.50. The van der Waals surface area contributed by atoms with Crippen LogP contribution in [0.15, 0.2) is 16.7 Å². The molecule has 1 aliphatic heterocycles. The number of hydrogen-bond acceptors (Lipinski definition) is 4. The van der Waals surface area contributed by atoms with Crippen LogP contribution in [-0.4, -0.2) is 42.2 Å². The second-order valence-corrected chi connectivity index (χ2v) is 6.81. The van der Waals surface area contributed by atoms with E-state index in [1.54, 1.807) is 0 Å². The number of rotatable bonds is 5. The van der Waals surface area contributed by atoms with Gasteiger partial charge in [-0.15, -0.1) is 0 Å². The Kier molecular flexibility index (Phi) is 4.58. The average Bonchev–Trinajstić information content (AvgIpc) is 3.25. The molecule has 2 heterocycles. The van der Waals surface area contributed by atoms with E-state index in [4.69, 9.17) is 4.74 Å². The van der Waals surface area contributed by atoms with E-state index in [1.807, 2.05) is 6.20 Å². The van der Waals surface area contributed by atoms with E-state index in [1.165, 1.54) is 12.8 Å². The van der Waals surface area contributed by atoms with Crippen molar-refractivity contribution >= 4 is 15.9 Å². The number of piperidine rings is 1. The largest absolute Gasteiger partial charge is 0.474 e. The number of ether oxygens (including phenoxy) is 1. The summed E-state index contributed by atoms with van der Waals surface area (Å²) in [6.07, 6.45) is 6.90. The van der Waals surface area contributed by atoms with E-state index in [9.17, 15) is 0 Å². The molecule has 110 valence electrons. The molecule has 0 spiro atoms. The molecule has 1 aromatic rings. The Morgan fingerprint density at radius 3 is 2.80 bits per heavy atom. The fourth-order valence-electron chi connectivity index (χ4n) is 2.50. The highest BCUT2D eigenvalue weighted by Gasteiger charge is 2.23. The van der Waals surface area contributed by atoms with Crippen LogP contribution < -0.4 is 10.1 Å². The fourth-order valence-corrected chi connectivity index (χ4v) is 2.88. The van der Waals surface area contributed by atoms with Crippen LogP contribution in [0, 0.1) is 0 Å². The third-order valence-corrected chi connectivity index (χ3v) is 4.43. The van der Waals surface area contributed by atoms with Crippen molar-refractivity contribution < 1.29 is 4.74 Å². The Morgan fingerprint density at radius 2 is 2.10 bits per heavy atom. The van der Waals surface area contributed by atoms with Crippen molar-refractivity contribution in [2.75, 3.05) is 20.1 Å². The molecule has 1 aliphatic carbocycles. The van der Waals surface area contributed by atoms with Gasteiger partial charge in [-0.1, -0.05) is 0 Å². The van der Waals surface area contributed by atoms with Crippen molar-refractivity contribution in [1.29, 1.82) is 0 Å². The third-order valence-electron chi connectivity index (χ3n) is 3.99.